The van der Waals surface area contributed by atoms with Crippen LogP contribution in [0.1, 0.15) is 0 Å². The monoisotopic (exact) mass is 1310 g/mol. The van der Waals surface area contributed by atoms with Gasteiger partial charge in [0.2, 0.25) is 0 Å². The minimum atomic E-state index is -1.46. The number of hydrogen-bond acceptors (Lipinski definition) is 6. The fourth-order valence-electron chi connectivity index (χ4n) is 12.8. The van der Waals surface area contributed by atoms with Gasteiger partial charge in [-0.3, -0.25) is 0 Å². The minimum Gasteiger partial charge on any atom is -0.309 e. The first-order valence-electron chi connectivity index (χ1n) is 29.8. The van der Waals surface area contributed by atoms with Crippen LogP contribution in [-0.4, -0.2) is 48.2 Å². The molecule has 0 N–H and O–H groups in total. The van der Waals surface area contributed by atoms with E-state index in [9.17, 15) is 13.2 Å². The summed E-state index contributed by atoms with van der Waals surface area (Å²) in [5, 5.41) is 9.57. The number of para-hydroxylation sites is 8. The fraction of sp³-hybridized carbons (Fsp3) is 0. The van der Waals surface area contributed by atoms with Crippen molar-refractivity contribution in [2.24, 2.45) is 0 Å². The lowest BCUT2D eigenvalue weighted by Crippen LogP contribution is -2.00. The number of nitrogens with zero attached hydrogens (tertiary/aromatic N) is 10. The molecular formula is C78H48F3IN10. The molecule has 18 aromatic rings. The van der Waals surface area contributed by atoms with E-state index in [0.29, 0.717) is 17.5 Å². The molecule has 0 saturated heterocycles. The zero-order valence-corrected chi connectivity index (χ0v) is 50.9. The summed E-state index contributed by atoms with van der Waals surface area (Å²) < 4.78 is 45.7. The molecule has 10 nitrogen and oxygen atoms in total. The lowest BCUT2D eigenvalue weighted by atomic mass is 10.1. The third-order valence-electron chi connectivity index (χ3n) is 16.7. The highest BCUT2D eigenvalue weighted by molar-refractivity contribution is 14.1. The van der Waals surface area contributed by atoms with E-state index in [0.717, 1.165) is 83.0 Å². The van der Waals surface area contributed by atoms with Crippen molar-refractivity contribution in [1.82, 2.24) is 48.2 Å². The number of hydrogen-bond donors (Lipinski definition) is 0. The summed E-state index contributed by atoms with van der Waals surface area (Å²) in [4.78, 5) is 23.3. The summed E-state index contributed by atoms with van der Waals surface area (Å²) in [6.07, 6.45) is -4.38. The summed E-state index contributed by atoms with van der Waals surface area (Å²) in [5.41, 5.74) is 16.7. The van der Waals surface area contributed by atoms with Crippen LogP contribution in [0.25, 0.3) is 144 Å². The van der Waals surface area contributed by atoms with E-state index in [1.54, 1.807) is 0 Å². The molecule has 0 unspecified atom stereocenters. The molecular weight excluding hydrogens is 1260 g/mol. The number of fused-ring (bicyclic) bond motifs is 12. The Morgan fingerprint density at radius 3 is 0.728 bits per heavy atom. The van der Waals surface area contributed by atoms with Crippen LogP contribution in [0.5, 0.6) is 0 Å². The van der Waals surface area contributed by atoms with Gasteiger partial charge in [0.05, 0.1) is 44.1 Å². The van der Waals surface area contributed by atoms with Crippen molar-refractivity contribution in [3.8, 4) is 56.9 Å². The third kappa shape index (κ3) is 10.0. The van der Waals surface area contributed by atoms with Gasteiger partial charge in [-0.05, 0) is 168 Å². The first-order chi connectivity index (χ1) is 45.3. The van der Waals surface area contributed by atoms with Gasteiger partial charge in [0.15, 0.2) is 17.5 Å². The Balaban J connectivity index is 0.000000190. The maximum Gasteiger partial charge on any atom is 0.316 e. The number of halogens is 4. The van der Waals surface area contributed by atoms with Crippen molar-refractivity contribution in [3.05, 3.63) is 313 Å². The van der Waals surface area contributed by atoms with Crippen LogP contribution < -0.4 is 0 Å². The highest BCUT2D eigenvalue weighted by Gasteiger charge is 2.21. The van der Waals surface area contributed by atoms with Gasteiger partial charge in [0, 0.05) is 86.1 Å². The van der Waals surface area contributed by atoms with Crippen LogP contribution in [0, 0.1) is 21.8 Å². The second-order valence-corrected chi connectivity index (χ2v) is 23.3. The quantitative estimate of drug-likeness (QED) is 0.148. The summed E-state index contributed by atoms with van der Waals surface area (Å²) in [6, 6.07) is 103. The summed E-state index contributed by atoms with van der Waals surface area (Å²) in [6.45, 7) is 0. The predicted molar refractivity (Wildman–Crippen MR) is 372 cm³/mol. The predicted octanol–water partition coefficient (Wildman–Crippen LogP) is 19.8. The van der Waals surface area contributed by atoms with Crippen LogP contribution in [0.2, 0.25) is 0 Å². The Bertz CT molecular complexity index is 5360. The lowest BCUT2D eigenvalue weighted by Gasteiger charge is -2.11. The van der Waals surface area contributed by atoms with Crippen molar-refractivity contribution in [2.45, 2.75) is 0 Å². The molecule has 12 aromatic carbocycles. The van der Waals surface area contributed by atoms with Crippen molar-refractivity contribution >= 4 is 110 Å². The molecule has 0 aliphatic carbocycles. The molecule has 438 valence electrons. The molecule has 0 aliphatic heterocycles. The fourth-order valence-corrected chi connectivity index (χ4v) is 13.3. The Hall–Kier alpha value is -11.6. The zero-order valence-electron chi connectivity index (χ0n) is 48.7. The maximum absolute atomic E-state index is 11.7. The Labute approximate surface area is 537 Å². The molecule has 0 spiro atoms. The normalized spacial score (nSPS) is 11.5. The van der Waals surface area contributed by atoms with Crippen LogP contribution >= 0.6 is 22.6 Å². The first kappa shape index (κ1) is 55.7. The molecule has 18 rings (SSSR count). The van der Waals surface area contributed by atoms with Crippen molar-refractivity contribution in [3.63, 3.8) is 0 Å². The average Bonchev–Trinajstić information content (AvgIpc) is 1.64. The molecule has 92 heavy (non-hydrogen) atoms. The topological polar surface area (TPSA) is 97.1 Å². The van der Waals surface area contributed by atoms with Crippen molar-refractivity contribution in [1.29, 1.82) is 0 Å². The van der Waals surface area contributed by atoms with Crippen molar-refractivity contribution in [2.75, 3.05) is 0 Å². The van der Waals surface area contributed by atoms with Gasteiger partial charge in [-0.15, -0.1) is 0 Å². The SMILES string of the molecule is Fc1nc(F)nc(F)n1.Ic1ccc2c(c1)c1ccccc1n2-c1ccccc1.c1ccc(-n2c3ccccc3c3cc(-c4nc(-c5ccc6c(c5)c5ccccc5n6-c5ccccc5)nc(-c5ccc6c(c5)c5ccccc5n6-c5ccccc5)n4)ccc32)cc1. The Morgan fingerprint density at radius 1 is 0.217 bits per heavy atom. The van der Waals surface area contributed by atoms with E-state index in [1.807, 2.05) is 0 Å². The summed E-state index contributed by atoms with van der Waals surface area (Å²) in [5.74, 6) is 1.85. The largest absolute Gasteiger partial charge is 0.316 e. The van der Waals surface area contributed by atoms with E-state index in [1.165, 1.54) is 47.2 Å². The van der Waals surface area contributed by atoms with Gasteiger partial charge in [0.25, 0.3) is 0 Å². The maximum atomic E-state index is 11.7. The lowest BCUT2D eigenvalue weighted by molar-refractivity contribution is 0.393. The third-order valence-corrected chi connectivity index (χ3v) is 17.3. The van der Waals surface area contributed by atoms with E-state index in [4.69, 9.17) is 15.0 Å². The van der Waals surface area contributed by atoms with Gasteiger partial charge >= 0.3 is 18.2 Å². The smallest absolute Gasteiger partial charge is 0.309 e. The van der Waals surface area contributed by atoms with Crippen LogP contribution in [0.4, 0.5) is 13.2 Å². The molecule has 0 saturated carbocycles. The second kappa shape index (κ2) is 23.4. The van der Waals surface area contributed by atoms with Crippen LogP contribution in [0.3, 0.4) is 0 Å². The molecule has 6 aromatic heterocycles. The highest BCUT2D eigenvalue weighted by atomic mass is 127. The van der Waals surface area contributed by atoms with E-state index in [-0.39, 0.29) is 0 Å². The number of benzene rings is 12. The average molecular weight is 1310 g/mol. The standard InChI is InChI=1S/C57H36N6.C18H12IN.C3F3N3/c1-4-16-40(17-5-1)61-49-25-13-10-22-43(49)46-34-37(28-31-52(46)61)55-58-56(38-29-32-53-47(35-38)44-23-11-14-26-50(44)62(53)41-18-6-2-7-19-41)60-57(59-55)39-30-33-54-48(36-39)45-24-12-15-27-51(45)63(54)42-20-8-3-9-21-42;19-13-10-11-18-16(12-13)15-8-4-5-9-17(15)20(18)14-6-2-1-3-7-14;4-1-7-2(5)9-3(6)8-1/h1-36H;1-12H;. The molecule has 0 fully saturated rings. The Kier molecular flexibility index (Phi) is 14.2. The van der Waals surface area contributed by atoms with Gasteiger partial charge in [-0.2, -0.15) is 28.1 Å². The zero-order chi connectivity index (χ0) is 61.8. The molecule has 14 heteroatoms. The van der Waals surface area contributed by atoms with Crippen LogP contribution in [-0.2, 0) is 0 Å². The van der Waals surface area contributed by atoms with Gasteiger partial charge < -0.3 is 18.3 Å². The summed E-state index contributed by atoms with van der Waals surface area (Å²) >= 11 is 2.38. The van der Waals surface area contributed by atoms with Gasteiger partial charge in [0.1, 0.15) is 0 Å². The van der Waals surface area contributed by atoms with E-state index < -0.39 is 18.2 Å². The molecule has 0 bridgehead atoms. The van der Waals surface area contributed by atoms with Crippen LogP contribution in [0.15, 0.2) is 291 Å². The van der Waals surface area contributed by atoms with E-state index >= 15 is 0 Å². The molecule has 6 heterocycles. The first-order valence-corrected chi connectivity index (χ1v) is 30.9. The molecule has 0 atom stereocenters. The van der Waals surface area contributed by atoms with Gasteiger partial charge in [-0.1, -0.05) is 146 Å². The van der Waals surface area contributed by atoms with Gasteiger partial charge in [-0.25, -0.2) is 15.0 Å². The van der Waals surface area contributed by atoms with E-state index in [2.05, 4.69) is 347 Å². The molecule has 0 amide bonds. The highest BCUT2D eigenvalue weighted by Crippen LogP contribution is 2.40. The molecule has 0 radical (unpaired) electrons. The number of rotatable bonds is 7. The minimum absolute atomic E-state index is 0.618. The number of aromatic nitrogens is 10. The Morgan fingerprint density at radius 2 is 0.446 bits per heavy atom. The van der Waals surface area contributed by atoms with Crippen molar-refractivity contribution < 1.29 is 13.2 Å². The molecule has 0 aliphatic rings. The second-order valence-electron chi connectivity index (χ2n) is 22.1. The summed E-state index contributed by atoms with van der Waals surface area (Å²) in [7, 11) is 0.